The topological polar surface area (TPSA) is 53.2 Å². The highest BCUT2D eigenvalue weighted by atomic mass is 19.1. The molecule has 2 rings (SSSR count). The molecule has 0 aliphatic rings. The predicted molar refractivity (Wildman–Crippen MR) is 77.3 cm³/mol. The van der Waals surface area contributed by atoms with Crippen LogP contribution in [-0.2, 0) is 13.0 Å². The summed E-state index contributed by atoms with van der Waals surface area (Å²) in [6.45, 7) is 1.84. The van der Waals surface area contributed by atoms with E-state index in [0.717, 1.165) is 5.56 Å². The molecule has 0 saturated carbocycles. The van der Waals surface area contributed by atoms with E-state index in [0.29, 0.717) is 23.3 Å². The average molecular weight is 285 g/mol. The first-order valence-corrected chi connectivity index (χ1v) is 6.67. The van der Waals surface area contributed by atoms with Crippen molar-refractivity contribution in [1.82, 2.24) is 0 Å². The van der Waals surface area contributed by atoms with Gasteiger partial charge in [-0.05, 0) is 43.2 Å². The van der Waals surface area contributed by atoms with Crippen LogP contribution in [0.3, 0.4) is 0 Å². The van der Waals surface area contributed by atoms with Crippen molar-refractivity contribution in [3.05, 3.63) is 65.0 Å². The number of rotatable bonds is 5. The Kier molecular flexibility index (Phi) is 4.91. The van der Waals surface area contributed by atoms with Crippen molar-refractivity contribution < 1.29 is 14.2 Å². The van der Waals surface area contributed by atoms with Gasteiger partial charge in [0.05, 0.1) is 17.7 Å². The lowest BCUT2D eigenvalue weighted by Gasteiger charge is -2.09. The molecule has 1 N–H and O–H groups in total. The number of hydrogen-bond acceptors (Lipinski definition) is 3. The van der Waals surface area contributed by atoms with E-state index in [1.807, 2.05) is 18.2 Å². The second kappa shape index (κ2) is 6.87. The van der Waals surface area contributed by atoms with Gasteiger partial charge in [-0.15, -0.1) is 0 Å². The van der Waals surface area contributed by atoms with E-state index in [2.05, 4.69) is 0 Å². The Balaban J connectivity index is 1.98. The minimum absolute atomic E-state index is 0.104. The van der Waals surface area contributed by atoms with Crippen molar-refractivity contribution in [2.45, 2.75) is 26.1 Å². The fourth-order valence-corrected chi connectivity index (χ4v) is 1.96. The molecule has 0 radical (unpaired) electrons. The Morgan fingerprint density at radius 2 is 1.95 bits per heavy atom. The van der Waals surface area contributed by atoms with Gasteiger partial charge < -0.3 is 9.84 Å². The monoisotopic (exact) mass is 285 g/mol. The van der Waals surface area contributed by atoms with Crippen molar-refractivity contribution in [3.8, 4) is 11.8 Å². The summed E-state index contributed by atoms with van der Waals surface area (Å²) < 4.78 is 19.2. The van der Waals surface area contributed by atoms with Crippen LogP contribution in [0.1, 0.15) is 23.6 Å². The molecule has 21 heavy (non-hydrogen) atoms. The van der Waals surface area contributed by atoms with Crippen LogP contribution in [0.15, 0.2) is 42.5 Å². The van der Waals surface area contributed by atoms with Gasteiger partial charge in [0.25, 0.3) is 0 Å². The highest BCUT2D eigenvalue weighted by Crippen LogP contribution is 2.17. The third kappa shape index (κ3) is 4.30. The van der Waals surface area contributed by atoms with E-state index in [9.17, 15) is 9.50 Å². The standard InChI is InChI=1S/C17H16FNO2/c1-12(20)8-13-3-6-16(7-4-13)21-11-15-5-2-14(10-19)9-17(15)18/h2-7,9,12,20H,8,11H2,1H3. The Bertz CT molecular complexity index is 645. The molecule has 0 aliphatic carbocycles. The van der Waals surface area contributed by atoms with Gasteiger partial charge in [0.1, 0.15) is 18.2 Å². The van der Waals surface area contributed by atoms with Gasteiger partial charge in [-0.25, -0.2) is 4.39 Å². The summed E-state index contributed by atoms with van der Waals surface area (Å²) in [4.78, 5) is 0. The molecule has 0 bridgehead atoms. The summed E-state index contributed by atoms with van der Waals surface area (Å²) in [5.74, 6) is 0.188. The maximum absolute atomic E-state index is 13.7. The van der Waals surface area contributed by atoms with Crippen LogP contribution < -0.4 is 4.74 Å². The molecular formula is C17H16FNO2. The van der Waals surface area contributed by atoms with Crippen molar-refractivity contribution in [2.24, 2.45) is 0 Å². The Hall–Kier alpha value is -2.38. The zero-order chi connectivity index (χ0) is 15.2. The zero-order valence-corrected chi connectivity index (χ0v) is 11.7. The maximum atomic E-state index is 13.7. The highest BCUT2D eigenvalue weighted by Gasteiger charge is 2.05. The minimum atomic E-state index is -0.445. The lowest BCUT2D eigenvalue weighted by molar-refractivity contribution is 0.195. The van der Waals surface area contributed by atoms with E-state index in [-0.39, 0.29) is 12.7 Å². The SMILES string of the molecule is CC(O)Cc1ccc(OCc2ccc(C#N)cc2F)cc1. The number of nitriles is 1. The summed E-state index contributed by atoms with van der Waals surface area (Å²) in [6.07, 6.45) is 0.203. The van der Waals surface area contributed by atoms with Crippen molar-refractivity contribution >= 4 is 0 Å². The molecule has 0 amide bonds. The highest BCUT2D eigenvalue weighted by molar-refractivity contribution is 5.33. The van der Waals surface area contributed by atoms with E-state index >= 15 is 0 Å². The number of halogens is 1. The summed E-state index contributed by atoms with van der Waals surface area (Å²) >= 11 is 0. The van der Waals surface area contributed by atoms with Crippen LogP contribution in [0.2, 0.25) is 0 Å². The van der Waals surface area contributed by atoms with Crippen molar-refractivity contribution in [3.63, 3.8) is 0 Å². The number of nitrogens with zero attached hydrogens (tertiary/aromatic N) is 1. The predicted octanol–water partition coefficient (Wildman–Crippen LogP) is 3.20. The molecule has 2 aromatic rings. The van der Waals surface area contributed by atoms with Crippen LogP contribution in [-0.4, -0.2) is 11.2 Å². The van der Waals surface area contributed by atoms with Crippen molar-refractivity contribution in [1.29, 1.82) is 5.26 Å². The lowest BCUT2D eigenvalue weighted by atomic mass is 10.1. The first-order chi connectivity index (χ1) is 10.1. The Morgan fingerprint density at radius 1 is 1.24 bits per heavy atom. The molecule has 0 fully saturated rings. The van der Waals surface area contributed by atoms with Gasteiger partial charge in [-0.3, -0.25) is 0 Å². The molecule has 108 valence electrons. The number of ether oxygens (including phenoxy) is 1. The van der Waals surface area contributed by atoms with E-state index in [1.54, 1.807) is 31.2 Å². The molecule has 4 heteroatoms. The first-order valence-electron chi connectivity index (χ1n) is 6.67. The second-order valence-electron chi connectivity index (χ2n) is 4.90. The number of hydrogen-bond donors (Lipinski definition) is 1. The summed E-state index contributed by atoms with van der Waals surface area (Å²) in [5, 5.41) is 18.0. The van der Waals surface area contributed by atoms with Gasteiger partial charge in [0.15, 0.2) is 0 Å². The molecular weight excluding hydrogens is 269 g/mol. The lowest BCUT2D eigenvalue weighted by Crippen LogP contribution is -2.04. The van der Waals surface area contributed by atoms with Gasteiger partial charge in [0.2, 0.25) is 0 Å². The molecule has 0 aromatic heterocycles. The molecule has 3 nitrogen and oxygen atoms in total. The number of benzene rings is 2. The molecule has 0 saturated heterocycles. The Morgan fingerprint density at radius 3 is 2.52 bits per heavy atom. The molecule has 1 atom stereocenters. The van der Waals surface area contributed by atoms with Crippen LogP contribution in [0.25, 0.3) is 0 Å². The minimum Gasteiger partial charge on any atom is -0.489 e. The molecule has 0 spiro atoms. The fourth-order valence-electron chi connectivity index (χ4n) is 1.96. The maximum Gasteiger partial charge on any atom is 0.131 e. The van der Waals surface area contributed by atoms with Crippen LogP contribution in [0, 0.1) is 17.1 Å². The van der Waals surface area contributed by atoms with Gasteiger partial charge in [0, 0.05) is 5.56 Å². The Labute approximate surface area is 123 Å². The smallest absolute Gasteiger partial charge is 0.131 e. The molecule has 0 heterocycles. The first kappa shape index (κ1) is 15.0. The quantitative estimate of drug-likeness (QED) is 0.917. The van der Waals surface area contributed by atoms with Crippen molar-refractivity contribution in [2.75, 3.05) is 0 Å². The fraction of sp³-hybridized carbons (Fsp3) is 0.235. The van der Waals surface area contributed by atoms with Crippen LogP contribution in [0.5, 0.6) is 5.75 Å². The van der Waals surface area contributed by atoms with Crippen LogP contribution >= 0.6 is 0 Å². The largest absolute Gasteiger partial charge is 0.489 e. The van der Waals surface area contributed by atoms with E-state index < -0.39 is 5.82 Å². The normalized spacial score (nSPS) is 11.7. The van der Waals surface area contributed by atoms with E-state index in [1.165, 1.54) is 6.07 Å². The number of aliphatic hydroxyl groups is 1. The third-order valence-electron chi connectivity index (χ3n) is 3.03. The molecule has 2 aromatic carbocycles. The summed E-state index contributed by atoms with van der Waals surface area (Å²) in [5.41, 5.74) is 1.71. The summed E-state index contributed by atoms with van der Waals surface area (Å²) in [6, 6.07) is 13.5. The van der Waals surface area contributed by atoms with Crippen LogP contribution in [0.4, 0.5) is 4.39 Å². The average Bonchev–Trinajstić information content (AvgIpc) is 2.47. The third-order valence-corrected chi connectivity index (χ3v) is 3.03. The molecule has 1 unspecified atom stereocenters. The second-order valence-corrected chi connectivity index (χ2v) is 4.90. The zero-order valence-electron chi connectivity index (χ0n) is 11.7. The molecule has 0 aliphatic heterocycles. The number of aliphatic hydroxyl groups excluding tert-OH is 1. The van der Waals surface area contributed by atoms with E-state index in [4.69, 9.17) is 10.00 Å². The van der Waals surface area contributed by atoms with Gasteiger partial charge >= 0.3 is 0 Å². The van der Waals surface area contributed by atoms with Gasteiger partial charge in [-0.1, -0.05) is 18.2 Å². The summed E-state index contributed by atoms with van der Waals surface area (Å²) in [7, 11) is 0. The van der Waals surface area contributed by atoms with Gasteiger partial charge in [-0.2, -0.15) is 5.26 Å².